The lowest BCUT2D eigenvalue weighted by Crippen LogP contribution is -2.46. The summed E-state index contributed by atoms with van der Waals surface area (Å²) in [6, 6.07) is -0.704. The molecule has 6 heteroatoms. The highest BCUT2D eigenvalue weighted by Gasteiger charge is 2.24. The third-order valence-electron chi connectivity index (χ3n) is 10.9. The first-order valence-corrected chi connectivity index (χ1v) is 24.2. The van der Waals surface area contributed by atoms with E-state index in [4.69, 9.17) is 4.74 Å². The van der Waals surface area contributed by atoms with E-state index in [2.05, 4.69) is 62.5 Å². The molecular formula is C50H93NO5. The van der Waals surface area contributed by atoms with E-state index in [1.165, 1.54) is 116 Å². The number of hydrogen-bond donors (Lipinski definition) is 3. The van der Waals surface area contributed by atoms with Crippen LogP contribution in [0.3, 0.4) is 0 Å². The van der Waals surface area contributed by atoms with Crippen LogP contribution in [0.2, 0.25) is 0 Å². The van der Waals surface area contributed by atoms with Gasteiger partial charge in [0.05, 0.1) is 25.2 Å². The molecule has 0 aromatic carbocycles. The third-order valence-corrected chi connectivity index (χ3v) is 10.9. The standard InChI is InChI=1S/C50H93NO5/c1-4-7-10-13-16-19-22-24-25-26-27-29-32-35-38-41-46(56-50(55)43-40-37-34-31-21-18-15-12-9-6-3)44-49(54)51-47(45-52)48(53)42-39-36-33-30-28-23-20-17-14-11-8-5-2/h12,15-16,19,24-25,46-48,52-53H,4-11,13-14,17-18,20-23,26-45H2,1-3H3,(H,51,54)/b15-12-,19-16-,25-24-. The molecule has 3 unspecified atom stereocenters. The van der Waals surface area contributed by atoms with E-state index in [0.717, 1.165) is 83.5 Å². The highest BCUT2D eigenvalue weighted by Crippen LogP contribution is 2.17. The van der Waals surface area contributed by atoms with Crippen LogP contribution in [0.25, 0.3) is 0 Å². The molecule has 0 aliphatic rings. The summed E-state index contributed by atoms with van der Waals surface area (Å²) in [5.74, 6) is -0.496. The number of esters is 1. The zero-order chi connectivity index (χ0) is 41.0. The van der Waals surface area contributed by atoms with E-state index in [1.54, 1.807) is 0 Å². The van der Waals surface area contributed by atoms with Crippen LogP contribution in [0.4, 0.5) is 0 Å². The van der Waals surface area contributed by atoms with Crippen molar-refractivity contribution in [2.24, 2.45) is 0 Å². The zero-order valence-corrected chi connectivity index (χ0v) is 37.3. The SMILES string of the molecule is CCC/C=C\CCCCCCCC(=O)OC(CCCCCCC/C=C\C/C=C\CCCCC)CC(=O)NC(CO)C(O)CCCCCCCCCCCCCC. The first kappa shape index (κ1) is 54.1. The zero-order valence-electron chi connectivity index (χ0n) is 37.3. The van der Waals surface area contributed by atoms with Gasteiger partial charge in [-0.2, -0.15) is 0 Å². The van der Waals surface area contributed by atoms with Gasteiger partial charge < -0.3 is 20.3 Å². The van der Waals surface area contributed by atoms with Crippen molar-refractivity contribution in [1.82, 2.24) is 5.32 Å². The summed E-state index contributed by atoms with van der Waals surface area (Å²) in [6.07, 6.45) is 50.6. The number of nitrogens with one attached hydrogen (secondary N) is 1. The molecule has 0 bridgehead atoms. The van der Waals surface area contributed by atoms with Crippen molar-refractivity contribution in [3.63, 3.8) is 0 Å². The van der Waals surface area contributed by atoms with Gasteiger partial charge in [-0.15, -0.1) is 0 Å². The topological polar surface area (TPSA) is 95.9 Å². The maximum absolute atomic E-state index is 13.1. The Labute approximate surface area is 347 Å². The first-order valence-electron chi connectivity index (χ1n) is 24.2. The molecule has 0 saturated carbocycles. The monoisotopic (exact) mass is 788 g/mol. The number of allylic oxidation sites excluding steroid dienone is 6. The van der Waals surface area contributed by atoms with Crippen LogP contribution >= 0.6 is 0 Å². The van der Waals surface area contributed by atoms with Crippen molar-refractivity contribution in [3.05, 3.63) is 36.5 Å². The Morgan fingerprint density at radius 3 is 1.48 bits per heavy atom. The lowest BCUT2D eigenvalue weighted by atomic mass is 10.0. The second kappa shape index (κ2) is 44.2. The molecule has 3 atom stereocenters. The molecule has 0 rings (SSSR count). The van der Waals surface area contributed by atoms with E-state index in [-0.39, 0.29) is 24.9 Å². The summed E-state index contributed by atoms with van der Waals surface area (Å²) in [7, 11) is 0. The summed E-state index contributed by atoms with van der Waals surface area (Å²) in [5, 5.41) is 23.7. The molecule has 0 aromatic heterocycles. The van der Waals surface area contributed by atoms with Crippen LogP contribution in [0.5, 0.6) is 0 Å². The Balaban J connectivity index is 4.60. The summed E-state index contributed by atoms with van der Waals surface area (Å²) < 4.78 is 5.90. The average Bonchev–Trinajstić information content (AvgIpc) is 3.19. The average molecular weight is 788 g/mol. The molecule has 0 heterocycles. The summed E-state index contributed by atoms with van der Waals surface area (Å²) in [5.41, 5.74) is 0. The number of unbranched alkanes of at least 4 members (excludes halogenated alkanes) is 25. The Bertz CT molecular complexity index is 930. The van der Waals surface area contributed by atoms with Gasteiger partial charge in [0.1, 0.15) is 6.10 Å². The number of aliphatic hydroxyl groups is 2. The van der Waals surface area contributed by atoms with Gasteiger partial charge in [-0.1, -0.05) is 192 Å². The van der Waals surface area contributed by atoms with Crippen molar-refractivity contribution in [2.45, 2.75) is 264 Å². The van der Waals surface area contributed by atoms with Crippen molar-refractivity contribution < 1.29 is 24.5 Å². The highest BCUT2D eigenvalue weighted by atomic mass is 16.5. The maximum Gasteiger partial charge on any atom is 0.306 e. The number of amides is 1. The Hall–Kier alpha value is -1.92. The summed E-state index contributed by atoms with van der Waals surface area (Å²) >= 11 is 0. The number of hydrogen-bond acceptors (Lipinski definition) is 5. The minimum Gasteiger partial charge on any atom is -0.462 e. The fourth-order valence-electron chi connectivity index (χ4n) is 7.23. The van der Waals surface area contributed by atoms with Gasteiger partial charge in [0.2, 0.25) is 5.91 Å². The Morgan fingerprint density at radius 1 is 0.518 bits per heavy atom. The van der Waals surface area contributed by atoms with Crippen LogP contribution in [-0.2, 0) is 14.3 Å². The van der Waals surface area contributed by atoms with E-state index in [1.807, 2.05) is 0 Å². The quantitative estimate of drug-likeness (QED) is 0.0325. The molecule has 0 aliphatic carbocycles. The minimum atomic E-state index is -0.790. The van der Waals surface area contributed by atoms with Gasteiger partial charge in [0, 0.05) is 6.42 Å². The van der Waals surface area contributed by atoms with Gasteiger partial charge in [-0.05, 0) is 77.0 Å². The van der Waals surface area contributed by atoms with Crippen molar-refractivity contribution in [1.29, 1.82) is 0 Å². The van der Waals surface area contributed by atoms with Crippen LogP contribution < -0.4 is 5.32 Å². The highest BCUT2D eigenvalue weighted by molar-refractivity contribution is 5.77. The fourth-order valence-corrected chi connectivity index (χ4v) is 7.23. The predicted octanol–water partition coefficient (Wildman–Crippen LogP) is 14.1. The second-order valence-electron chi connectivity index (χ2n) is 16.5. The molecule has 0 fully saturated rings. The van der Waals surface area contributed by atoms with Crippen LogP contribution in [0, 0.1) is 0 Å². The van der Waals surface area contributed by atoms with Gasteiger partial charge in [-0.3, -0.25) is 9.59 Å². The molecule has 0 saturated heterocycles. The van der Waals surface area contributed by atoms with Crippen molar-refractivity contribution in [2.75, 3.05) is 6.61 Å². The van der Waals surface area contributed by atoms with Gasteiger partial charge in [0.25, 0.3) is 0 Å². The smallest absolute Gasteiger partial charge is 0.306 e. The third kappa shape index (κ3) is 38.9. The second-order valence-corrected chi connectivity index (χ2v) is 16.5. The molecule has 0 radical (unpaired) electrons. The van der Waals surface area contributed by atoms with E-state index in [0.29, 0.717) is 19.3 Å². The van der Waals surface area contributed by atoms with Crippen molar-refractivity contribution >= 4 is 11.9 Å². The normalized spacial score (nSPS) is 13.6. The molecule has 0 spiro atoms. The Morgan fingerprint density at radius 2 is 0.946 bits per heavy atom. The van der Waals surface area contributed by atoms with Crippen LogP contribution in [-0.4, -0.2) is 46.9 Å². The lowest BCUT2D eigenvalue weighted by molar-refractivity contribution is -0.151. The number of rotatable bonds is 43. The Kier molecular flexibility index (Phi) is 42.7. The van der Waals surface area contributed by atoms with E-state index >= 15 is 0 Å². The molecule has 1 amide bonds. The van der Waals surface area contributed by atoms with Gasteiger partial charge in [0.15, 0.2) is 0 Å². The molecular weight excluding hydrogens is 695 g/mol. The molecule has 56 heavy (non-hydrogen) atoms. The van der Waals surface area contributed by atoms with Gasteiger partial charge in [-0.25, -0.2) is 0 Å². The van der Waals surface area contributed by atoms with Crippen LogP contribution in [0.15, 0.2) is 36.5 Å². The summed E-state index contributed by atoms with van der Waals surface area (Å²) in [4.78, 5) is 26.0. The first-order chi connectivity index (χ1) is 27.5. The predicted molar refractivity (Wildman–Crippen MR) is 241 cm³/mol. The van der Waals surface area contributed by atoms with E-state index in [9.17, 15) is 19.8 Å². The number of ether oxygens (including phenoxy) is 1. The lowest BCUT2D eigenvalue weighted by Gasteiger charge is -2.24. The molecule has 328 valence electrons. The number of carbonyl (C=O) groups is 2. The maximum atomic E-state index is 13.1. The van der Waals surface area contributed by atoms with Crippen LogP contribution in [0.1, 0.15) is 245 Å². The van der Waals surface area contributed by atoms with Gasteiger partial charge >= 0.3 is 5.97 Å². The largest absolute Gasteiger partial charge is 0.462 e. The minimum absolute atomic E-state index is 0.0664. The van der Waals surface area contributed by atoms with Crippen molar-refractivity contribution in [3.8, 4) is 0 Å². The number of aliphatic hydroxyl groups excluding tert-OH is 2. The molecule has 0 aliphatic heterocycles. The number of carbonyl (C=O) groups excluding carboxylic acids is 2. The van der Waals surface area contributed by atoms with E-state index < -0.39 is 18.2 Å². The summed E-state index contributed by atoms with van der Waals surface area (Å²) in [6.45, 7) is 6.39. The molecule has 6 nitrogen and oxygen atoms in total. The molecule has 0 aromatic rings. The molecule has 3 N–H and O–H groups in total. The fraction of sp³-hybridized carbons (Fsp3) is 0.840.